The summed E-state index contributed by atoms with van der Waals surface area (Å²) >= 11 is 12.4. The highest BCUT2D eigenvalue weighted by Gasteiger charge is 2.14. The van der Waals surface area contributed by atoms with Gasteiger partial charge in [0.25, 0.3) is 0 Å². The molecule has 0 aliphatic carbocycles. The normalized spacial score (nSPS) is 12.1. The summed E-state index contributed by atoms with van der Waals surface area (Å²) in [5.41, 5.74) is 1.68. The molecule has 0 aliphatic rings. The Morgan fingerprint density at radius 3 is 2.56 bits per heavy atom. The summed E-state index contributed by atoms with van der Waals surface area (Å²) in [7, 11) is 1.56. The minimum absolute atomic E-state index is 0.166. The Morgan fingerprint density at radius 1 is 1.16 bits per heavy atom. The van der Waals surface area contributed by atoms with E-state index in [-0.39, 0.29) is 12.4 Å². The van der Waals surface area contributed by atoms with Crippen LogP contribution in [-0.2, 0) is 13.2 Å². The van der Waals surface area contributed by atoms with Crippen molar-refractivity contribution in [3.8, 4) is 11.5 Å². The predicted octanol–water partition coefficient (Wildman–Crippen LogP) is 5.61. The lowest BCUT2D eigenvalue weighted by Gasteiger charge is -2.16. The average molecular weight is 386 g/mol. The van der Waals surface area contributed by atoms with Crippen molar-refractivity contribution in [1.82, 2.24) is 5.32 Å². The number of hydrogen-bond donors (Lipinski definition) is 1. The minimum Gasteiger partial charge on any atom is -0.493 e. The van der Waals surface area contributed by atoms with Gasteiger partial charge in [0.05, 0.1) is 17.2 Å². The van der Waals surface area contributed by atoms with Gasteiger partial charge in [-0.1, -0.05) is 36.2 Å². The lowest BCUT2D eigenvalue weighted by Crippen LogP contribution is -2.24. The SMILES string of the molecule is CC[C@H](C)NCc1cc(Cl)c(OCc2ccc(F)cc2Cl)c(OC)c1. The second-order valence-corrected chi connectivity index (χ2v) is 6.64. The summed E-state index contributed by atoms with van der Waals surface area (Å²) in [6.07, 6.45) is 1.05. The van der Waals surface area contributed by atoms with E-state index in [1.807, 2.05) is 12.1 Å². The number of methoxy groups -OCH3 is 1. The van der Waals surface area contributed by atoms with Crippen LogP contribution < -0.4 is 14.8 Å². The van der Waals surface area contributed by atoms with Crippen LogP contribution in [0.5, 0.6) is 11.5 Å². The van der Waals surface area contributed by atoms with Crippen molar-refractivity contribution in [3.05, 3.63) is 57.3 Å². The van der Waals surface area contributed by atoms with Crippen LogP contribution >= 0.6 is 23.2 Å². The molecule has 25 heavy (non-hydrogen) atoms. The van der Waals surface area contributed by atoms with E-state index in [9.17, 15) is 4.39 Å². The summed E-state index contributed by atoms with van der Waals surface area (Å²) in [5, 5.41) is 4.18. The summed E-state index contributed by atoms with van der Waals surface area (Å²) in [5.74, 6) is 0.603. The highest BCUT2D eigenvalue weighted by atomic mass is 35.5. The van der Waals surface area contributed by atoms with Gasteiger partial charge >= 0.3 is 0 Å². The van der Waals surface area contributed by atoms with Crippen molar-refractivity contribution in [2.24, 2.45) is 0 Å². The van der Waals surface area contributed by atoms with E-state index in [1.165, 1.54) is 12.1 Å². The number of halogens is 3. The molecule has 136 valence electrons. The Kier molecular flexibility index (Phi) is 7.36. The maximum atomic E-state index is 13.1. The van der Waals surface area contributed by atoms with Gasteiger partial charge in [0.1, 0.15) is 12.4 Å². The molecular weight excluding hydrogens is 364 g/mol. The zero-order valence-electron chi connectivity index (χ0n) is 14.5. The first-order valence-corrected chi connectivity index (χ1v) is 8.86. The van der Waals surface area contributed by atoms with Crippen LogP contribution in [0.1, 0.15) is 31.4 Å². The van der Waals surface area contributed by atoms with E-state index in [2.05, 4.69) is 19.2 Å². The molecule has 2 aromatic rings. The van der Waals surface area contributed by atoms with E-state index < -0.39 is 0 Å². The van der Waals surface area contributed by atoms with Gasteiger partial charge in [-0.05, 0) is 43.2 Å². The Labute approximate surface area is 158 Å². The summed E-state index contributed by atoms with van der Waals surface area (Å²) in [4.78, 5) is 0. The highest BCUT2D eigenvalue weighted by molar-refractivity contribution is 6.32. The zero-order chi connectivity index (χ0) is 18.4. The Morgan fingerprint density at radius 2 is 1.92 bits per heavy atom. The van der Waals surface area contributed by atoms with Gasteiger partial charge in [-0.3, -0.25) is 0 Å². The molecule has 6 heteroatoms. The zero-order valence-corrected chi connectivity index (χ0v) is 16.0. The fraction of sp³-hybridized carbons (Fsp3) is 0.368. The average Bonchev–Trinajstić information content (AvgIpc) is 2.59. The molecule has 0 amide bonds. The smallest absolute Gasteiger partial charge is 0.180 e. The van der Waals surface area contributed by atoms with Crippen molar-refractivity contribution in [3.63, 3.8) is 0 Å². The highest BCUT2D eigenvalue weighted by Crippen LogP contribution is 2.37. The molecule has 0 unspecified atom stereocenters. The van der Waals surface area contributed by atoms with E-state index in [0.717, 1.165) is 12.0 Å². The number of hydrogen-bond acceptors (Lipinski definition) is 3. The Hall–Kier alpha value is -1.49. The van der Waals surface area contributed by atoms with Gasteiger partial charge in [0.2, 0.25) is 0 Å². The van der Waals surface area contributed by atoms with Crippen molar-refractivity contribution < 1.29 is 13.9 Å². The summed E-state index contributed by atoms with van der Waals surface area (Å²) in [6, 6.07) is 8.34. The maximum absolute atomic E-state index is 13.1. The molecule has 2 rings (SSSR count). The molecule has 0 aliphatic heterocycles. The van der Waals surface area contributed by atoms with E-state index in [4.69, 9.17) is 32.7 Å². The molecule has 1 atom stereocenters. The van der Waals surface area contributed by atoms with E-state index >= 15 is 0 Å². The van der Waals surface area contributed by atoms with E-state index in [0.29, 0.717) is 39.7 Å². The van der Waals surface area contributed by atoms with Gasteiger partial charge in [-0.25, -0.2) is 4.39 Å². The number of rotatable bonds is 8. The van der Waals surface area contributed by atoms with Crippen molar-refractivity contribution in [2.45, 2.75) is 39.5 Å². The fourth-order valence-electron chi connectivity index (χ4n) is 2.24. The lowest BCUT2D eigenvalue weighted by atomic mass is 10.1. The first-order chi connectivity index (χ1) is 11.9. The van der Waals surface area contributed by atoms with Gasteiger partial charge in [-0.15, -0.1) is 0 Å². The molecule has 0 saturated heterocycles. The monoisotopic (exact) mass is 385 g/mol. The molecule has 1 N–H and O–H groups in total. The Balaban J connectivity index is 2.14. The number of ether oxygens (including phenoxy) is 2. The molecule has 0 bridgehead atoms. The van der Waals surface area contributed by atoms with E-state index in [1.54, 1.807) is 13.2 Å². The third kappa shape index (κ3) is 5.50. The molecule has 3 nitrogen and oxygen atoms in total. The lowest BCUT2D eigenvalue weighted by molar-refractivity contribution is 0.284. The van der Waals surface area contributed by atoms with Gasteiger partial charge in [0.15, 0.2) is 11.5 Å². The third-order valence-corrected chi connectivity index (χ3v) is 4.58. The quantitative estimate of drug-likeness (QED) is 0.640. The third-order valence-electron chi connectivity index (χ3n) is 3.94. The molecule has 0 radical (unpaired) electrons. The summed E-state index contributed by atoms with van der Waals surface area (Å²) in [6.45, 7) is 5.11. The molecule has 0 fully saturated rings. The van der Waals surface area contributed by atoms with Crippen LogP contribution in [0.15, 0.2) is 30.3 Å². The Bertz CT molecular complexity index is 725. The molecule has 2 aromatic carbocycles. The van der Waals surface area contributed by atoms with Crippen molar-refractivity contribution >= 4 is 23.2 Å². The molecule has 0 heterocycles. The van der Waals surface area contributed by atoms with Gasteiger partial charge in [0, 0.05) is 18.2 Å². The van der Waals surface area contributed by atoms with Gasteiger partial charge < -0.3 is 14.8 Å². The van der Waals surface area contributed by atoms with Crippen LogP contribution in [0, 0.1) is 5.82 Å². The number of nitrogens with one attached hydrogen (secondary N) is 1. The first kappa shape index (κ1) is 19.8. The van der Waals surface area contributed by atoms with Crippen LogP contribution in [0.3, 0.4) is 0 Å². The molecule has 0 spiro atoms. The molecular formula is C19H22Cl2FNO2. The second-order valence-electron chi connectivity index (χ2n) is 5.82. The number of benzene rings is 2. The molecule has 0 aromatic heterocycles. The van der Waals surface area contributed by atoms with Crippen LogP contribution in [0.4, 0.5) is 4.39 Å². The fourth-order valence-corrected chi connectivity index (χ4v) is 2.75. The predicted molar refractivity (Wildman–Crippen MR) is 100 cm³/mol. The van der Waals surface area contributed by atoms with Crippen LogP contribution in [0.25, 0.3) is 0 Å². The van der Waals surface area contributed by atoms with Crippen molar-refractivity contribution in [2.75, 3.05) is 7.11 Å². The van der Waals surface area contributed by atoms with Crippen molar-refractivity contribution in [1.29, 1.82) is 0 Å². The maximum Gasteiger partial charge on any atom is 0.180 e. The van der Waals surface area contributed by atoms with Crippen LogP contribution in [-0.4, -0.2) is 13.2 Å². The molecule has 0 saturated carbocycles. The summed E-state index contributed by atoms with van der Waals surface area (Å²) < 4.78 is 24.3. The second kappa shape index (κ2) is 9.27. The first-order valence-electron chi connectivity index (χ1n) is 8.11. The standard InChI is InChI=1S/C19H22Cl2FNO2/c1-4-12(2)23-10-13-7-17(21)19(18(8-13)24-3)25-11-14-5-6-15(22)9-16(14)20/h5-9,12,23H,4,10-11H2,1-3H3/t12-/m0/s1. The van der Waals surface area contributed by atoms with Gasteiger partial charge in [-0.2, -0.15) is 0 Å². The topological polar surface area (TPSA) is 30.5 Å². The largest absolute Gasteiger partial charge is 0.493 e. The minimum atomic E-state index is -0.387. The van der Waals surface area contributed by atoms with Crippen LogP contribution in [0.2, 0.25) is 10.0 Å².